The highest BCUT2D eigenvalue weighted by Crippen LogP contribution is 2.57. The number of anilines is 3. The van der Waals surface area contributed by atoms with Crippen LogP contribution in [0, 0.1) is 0 Å². The van der Waals surface area contributed by atoms with E-state index in [1.165, 1.54) is 87.7 Å². The average molecular weight is 796 g/mol. The van der Waals surface area contributed by atoms with Crippen molar-refractivity contribution in [2.75, 3.05) is 4.90 Å². The van der Waals surface area contributed by atoms with Crippen LogP contribution in [0.4, 0.5) is 17.1 Å². The zero-order valence-electron chi connectivity index (χ0n) is 34.6. The van der Waals surface area contributed by atoms with Gasteiger partial charge in [0.2, 0.25) is 0 Å². The summed E-state index contributed by atoms with van der Waals surface area (Å²) in [5.41, 5.74) is 20.6. The number of hydrogen-bond donors (Lipinski definition) is 0. The van der Waals surface area contributed by atoms with E-state index in [9.17, 15) is 0 Å². The molecule has 0 amide bonds. The molecule has 2 aliphatic carbocycles. The van der Waals surface area contributed by atoms with E-state index in [1.807, 2.05) is 6.07 Å². The van der Waals surface area contributed by atoms with Crippen molar-refractivity contribution in [3.8, 4) is 55.6 Å². The lowest BCUT2D eigenvalue weighted by atomic mass is 9.68. The molecule has 1 aromatic heterocycles. The molecule has 10 aromatic rings. The summed E-state index contributed by atoms with van der Waals surface area (Å²) in [6, 6.07) is 78.0. The molecule has 0 atom stereocenters. The maximum absolute atomic E-state index is 6.25. The van der Waals surface area contributed by atoms with Crippen LogP contribution in [0.3, 0.4) is 0 Å². The van der Waals surface area contributed by atoms with Crippen molar-refractivity contribution >= 4 is 39.0 Å². The third-order valence-corrected chi connectivity index (χ3v) is 13.7. The lowest BCUT2D eigenvalue weighted by Crippen LogP contribution is -2.28. The van der Waals surface area contributed by atoms with Gasteiger partial charge >= 0.3 is 0 Å². The van der Waals surface area contributed by atoms with E-state index in [1.54, 1.807) is 0 Å². The molecule has 0 unspecified atom stereocenters. The van der Waals surface area contributed by atoms with E-state index in [0.717, 1.165) is 50.1 Å². The minimum Gasteiger partial charge on any atom is -0.456 e. The molecule has 0 N–H and O–H groups in total. The Morgan fingerprint density at radius 3 is 1.74 bits per heavy atom. The Kier molecular flexibility index (Phi) is 8.78. The van der Waals surface area contributed by atoms with Gasteiger partial charge in [-0.3, -0.25) is 0 Å². The maximum atomic E-state index is 6.25. The molecule has 0 saturated heterocycles. The Morgan fingerprint density at radius 1 is 0.339 bits per heavy atom. The predicted octanol–water partition coefficient (Wildman–Crippen LogP) is 17.0. The largest absolute Gasteiger partial charge is 0.456 e. The normalized spacial score (nSPS) is 13.9. The van der Waals surface area contributed by atoms with Crippen molar-refractivity contribution in [3.05, 3.63) is 223 Å². The monoisotopic (exact) mass is 795 g/mol. The standard InChI is InChI=1S/C60H45NO/c1-3-18-41(19-4-1)46-22-5-6-23-47(46)48-24-7-8-25-49(48)51-27-10-13-30-57(51)61(45-33-34-56-53(40-45)50-26-9-12-29-55(50)60(56)36-15-2-16-37-60)44-21-17-20-42(38-44)43-32-35-59-54(39-43)52-28-11-14-31-58(52)62-59/h1,3-14,17-35,38-40H,2,15-16,36-37H2. The van der Waals surface area contributed by atoms with Gasteiger partial charge in [0, 0.05) is 33.1 Å². The summed E-state index contributed by atoms with van der Waals surface area (Å²) in [6.45, 7) is 0. The molecule has 62 heavy (non-hydrogen) atoms. The van der Waals surface area contributed by atoms with Gasteiger partial charge in [0.15, 0.2) is 0 Å². The van der Waals surface area contributed by atoms with Crippen LogP contribution < -0.4 is 4.90 Å². The fourth-order valence-corrected chi connectivity index (χ4v) is 10.9. The van der Waals surface area contributed by atoms with Gasteiger partial charge in [-0.2, -0.15) is 0 Å². The molecule has 2 nitrogen and oxygen atoms in total. The number of benzene rings is 9. The Labute approximate surface area is 363 Å². The van der Waals surface area contributed by atoms with Gasteiger partial charge in [-0.1, -0.05) is 183 Å². The molecule has 0 radical (unpaired) electrons. The van der Waals surface area contributed by atoms with Crippen molar-refractivity contribution in [2.24, 2.45) is 0 Å². The molecule has 2 heteroatoms. The summed E-state index contributed by atoms with van der Waals surface area (Å²) >= 11 is 0. The molecular formula is C60H45NO. The van der Waals surface area contributed by atoms with Crippen LogP contribution in [-0.4, -0.2) is 0 Å². The first kappa shape index (κ1) is 36.4. The SMILES string of the molecule is c1ccc(-c2ccccc2-c2ccccc2-c2ccccc2N(c2cccc(-c3ccc4oc5ccccc5c4c3)c2)c2ccc3c(c2)-c2ccccc2C32CCCCC2)cc1. The number of rotatable bonds is 7. The number of furan rings is 1. The van der Waals surface area contributed by atoms with Gasteiger partial charge < -0.3 is 9.32 Å². The quantitative estimate of drug-likeness (QED) is 0.160. The molecule has 1 saturated carbocycles. The summed E-state index contributed by atoms with van der Waals surface area (Å²) in [4.78, 5) is 2.50. The molecular weight excluding hydrogens is 751 g/mol. The zero-order valence-corrected chi connectivity index (χ0v) is 34.6. The third-order valence-electron chi connectivity index (χ3n) is 13.7. The second-order valence-corrected chi connectivity index (χ2v) is 17.1. The Hall–Kier alpha value is -7.42. The summed E-state index contributed by atoms with van der Waals surface area (Å²) in [5.74, 6) is 0. The fraction of sp³-hybridized carbons (Fsp3) is 0.100. The predicted molar refractivity (Wildman–Crippen MR) is 259 cm³/mol. The van der Waals surface area contributed by atoms with E-state index >= 15 is 0 Å². The molecule has 1 heterocycles. The van der Waals surface area contributed by atoms with Gasteiger partial charge in [0.1, 0.15) is 11.2 Å². The average Bonchev–Trinajstić information content (AvgIpc) is 3.85. The van der Waals surface area contributed by atoms with Crippen molar-refractivity contribution in [1.29, 1.82) is 0 Å². The van der Waals surface area contributed by atoms with Crippen LogP contribution in [0.25, 0.3) is 77.6 Å². The van der Waals surface area contributed by atoms with Crippen LogP contribution in [0.15, 0.2) is 217 Å². The van der Waals surface area contributed by atoms with Gasteiger partial charge in [-0.25, -0.2) is 0 Å². The highest BCUT2D eigenvalue weighted by atomic mass is 16.3. The van der Waals surface area contributed by atoms with Crippen LogP contribution in [0.1, 0.15) is 43.2 Å². The van der Waals surface area contributed by atoms with Crippen LogP contribution in [0.2, 0.25) is 0 Å². The van der Waals surface area contributed by atoms with Crippen LogP contribution in [-0.2, 0) is 5.41 Å². The first-order valence-electron chi connectivity index (χ1n) is 22.1. The number of para-hydroxylation sites is 2. The number of fused-ring (bicyclic) bond motifs is 8. The van der Waals surface area contributed by atoms with Gasteiger partial charge in [-0.15, -0.1) is 0 Å². The number of nitrogens with zero attached hydrogens (tertiary/aromatic N) is 1. The molecule has 296 valence electrons. The molecule has 0 aliphatic heterocycles. The Balaban J connectivity index is 1.06. The molecule has 1 spiro atoms. The first-order valence-corrected chi connectivity index (χ1v) is 22.1. The molecule has 2 aliphatic rings. The lowest BCUT2D eigenvalue weighted by molar-refractivity contribution is 0.353. The minimum absolute atomic E-state index is 0.0896. The van der Waals surface area contributed by atoms with Crippen LogP contribution in [0.5, 0.6) is 0 Å². The van der Waals surface area contributed by atoms with Crippen molar-refractivity contribution < 1.29 is 4.42 Å². The van der Waals surface area contributed by atoms with Crippen LogP contribution >= 0.6 is 0 Å². The van der Waals surface area contributed by atoms with E-state index in [-0.39, 0.29) is 5.41 Å². The van der Waals surface area contributed by atoms with Crippen molar-refractivity contribution in [1.82, 2.24) is 0 Å². The molecule has 1 fully saturated rings. The summed E-state index contributed by atoms with van der Waals surface area (Å²) in [5, 5.41) is 2.27. The first-order chi connectivity index (χ1) is 30.7. The zero-order chi connectivity index (χ0) is 41.0. The minimum atomic E-state index is 0.0896. The molecule has 9 aromatic carbocycles. The summed E-state index contributed by atoms with van der Waals surface area (Å²) < 4.78 is 6.25. The summed E-state index contributed by atoms with van der Waals surface area (Å²) in [6.07, 6.45) is 6.29. The maximum Gasteiger partial charge on any atom is 0.135 e. The third kappa shape index (κ3) is 5.93. The topological polar surface area (TPSA) is 16.4 Å². The number of hydrogen-bond acceptors (Lipinski definition) is 2. The fourth-order valence-electron chi connectivity index (χ4n) is 10.9. The van der Waals surface area contributed by atoms with Gasteiger partial charge in [0.05, 0.1) is 5.69 Å². The van der Waals surface area contributed by atoms with E-state index < -0.39 is 0 Å². The second-order valence-electron chi connectivity index (χ2n) is 17.1. The van der Waals surface area contributed by atoms with Crippen molar-refractivity contribution in [3.63, 3.8) is 0 Å². The molecule has 0 bridgehead atoms. The van der Waals surface area contributed by atoms with Crippen molar-refractivity contribution in [2.45, 2.75) is 37.5 Å². The second kappa shape index (κ2) is 14.9. The molecule has 12 rings (SSSR count). The summed E-state index contributed by atoms with van der Waals surface area (Å²) in [7, 11) is 0. The van der Waals surface area contributed by atoms with Gasteiger partial charge in [-0.05, 0) is 123 Å². The smallest absolute Gasteiger partial charge is 0.135 e. The highest BCUT2D eigenvalue weighted by molar-refractivity contribution is 6.06. The highest BCUT2D eigenvalue weighted by Gasteiger charge is 2.43. The van der Waals surface area contributed by atoms with E-state index in [0.29, 0.717) is 0 Å². The van der Waals surface area contributed by atoms with Gasteiger partial charge in [0.25, 0.3) is 0 Å². The Morgan fingerprint density at radius 2 is 0.919 bits per heavy atom. The Bertz CT molecular complexity index is 3290. The lowest BCUT2D eigenvalue weighted by Gasteiger charge is -2.36. The van der Waals surface area contributed by atoms with E-state index in [2.05, 4.69) is 211 Å². The van der Waals surface area contributed by atoms with E-state index in [4.69, 9.17) is 4.42 Å².